The fraction of sp³-hybridized carbons (Fsp3) is 0.600. The lowest BCUT2D eigenvalue weighted by Gasteiger charge is -2.38. The summed E-state index contributed by atoms with van der Waals surface area (Å²) < 4.78 is 62.1. The largest absolute Gasteiger partial charge is 0.495 e. The van der Waals surface area contributed by atoms with Crippen molar-refractivity contribution in [3.63, 3.8) is 0 Å². The predicted molar refractivity (Wildman–Crippen MR) is 164 cm³/mol. The molecule has 0 bridgehead atoms. The fourth-order valence-corrected chi connectivity index (χ4v) is 6.90. The number of carbonyl (C=O) groups excluding carboxylic acids is 1. The van der Waals surface area contributed by atoms with Crippen LogP contribution in [-0.4, -0.2) is 87.8 Å². The molecular weight excluding hydrogens is 581 g/mol. The van der Waals surface area contributed by atoms with E-state index in [0.717, 1.165) is 51.4 Å². The number of aryl methyl sites for hydroxylation is 1. The van der Waals surface area contributed by atoms with Crippen LogP contribution in [0.2, 0.25) is 0 Å². The van der Waals surface area contributed by atoms with Gasteiger partial charge in [-0.3, -0.25) is 9.00 Å². The molecule has 1 saturated carbocycles. The van der Waals surface area contributed by atoms with E-state index >= 15 is 0 Å². The first-order valence-corrected chi connectivity index (χ1v) is 16.7. The van der Waals surface area contributed by atoms with Gasteiger partial charge in [-0.05, 0) is 95.7 Å². The summed E-state index contributed by atoms with van der Waals surface area (Å²) in [5.74, 6) is 3.73. The minimum absolute atomic E-state index is 0.0126. The van der Waals surface area contributed by atoms with Gasteiger partial charge in [0.15, 0.2) is 0 Å². The smallest absolute Gasteiger partial charge is 0.419 e. The summed E-state index contributed by atoms with van der Waals surface area (Å²) in [4.78, 5) is 23.7. The number of likely N-dealkylation sites (tertiary alicyclic amines) is 1. The molecule has 1 aromatic carbocycles. The number of hydrogen-bond donors (Lipinski definition) is 2. The van der Waals surface area contributed by atoms with Crippen LogP contribution in [0.25, 0.3) is 0 Å². The van der Waals surface area contributed by atoms with Gasteiger partial charge >= 0.3 is 6.18 Å². The van der Waals surface area contributed by atoms with Gasteiger partial charge in [-0.1, -0.05) is 12.8 Å². The first-order valence-electron chi connectivity index (χ1n) is 14.6. The third-order valence-corrected chi connectivity index (χ3v) is 10.2. The van der Waals surface area contributed by atoms with E-state index in [9.17, 15) is 22.2 Å². The molecule has 1 aliphatic heterocycles. The molecular formula is C30H43F3N6O3S. The molecule has 1 saturated heterocycles. The van der Waals surface area contributed by atoms with Gasteiger partial charge in [0.2, 0.25) is 5.95 Å². The molecule has 3 atom stereocenters. The predicted octanol–water partition coefficient (Wildman–Crippen LogP) is 4.67. The number of methoxy groups -OCH3 is 1. The second kappa shape index (κ2) is 13.4. The number of hydrogen-bond acceptors (Lipinski definition) is 7. The zero-order valence-electron chi connectivity index (χ0n) is 25.6. The van der Waals surface area contributed by atoms with E-state index in [1.165, 1.54) is 7.11 Å². The maximum absolute atomic E-state index is 14.1. The van der Waals surface area contributed by atoms with Crippen molar-refractivity contribution in [3.8, 4) is 5.75 Å². The van der Waals surface area contributed by atoms with Crippen molar-refractivity contribution in [2.45, 2.75) is 70.1 Å². The number of amides is 1. The number of carbonyl (C=O) groups is 1. The molecule has 2 aromatic rings. The molecule has 2 fully saturated rings. The Balaban J connectivity index is 1.59. The van der Waals surface area contributed by atoms with E-state index in [0.29, 0.717) is 29.0 Å². The molecule has 4 rings (SSSR count). The first kappa shape index (κ1) is 33.0. The number of benzene rings is 1. The van der Waals surface area contributed by atoms with E-state index in [2.05, 4.69) is 38.4 Å². The summed E-state index contributed by atoms with van der Waals surface area (Å²) in [5.41, 5.74) is 0.554. The second-order valence-corrected chi connectivity index (χ2v) is 14.4. The zero-order valence-corrected chi connectivity index (χ0v) is 26.4. The lowest BCUT2D eigenvalue weighted by atomic mass is 9.81. The number of rotatable bonds is 9. The lowest BCUT2D eigenvalue weighted by Crippen LogP contribution is -2.43. The maximum atomic E-state index is 14.1. The van der Waals surface area contributed by atoms with E-state index in [-0.39, 0.29) is 42.0 Å². The van der Waals surface area contributed by atoms with Crippen LogP contribution in [0.3, 0.4) is 0 Å². The Hall–Kier alpha value is -2.90. The molecule has 43 heavy (non-hydrogen) atoms. The van der Waals surface area contributed by atoms with Gasteiger partial charge in [-0.15, -0.1) is 0 Å². The van der Waals surface area contributed by atoms with Crippen LogP contribution >= 0.6 is 0 Å². The molecule has 9 nitrogen and oxygen atoms in total. The van der Waals surface area contributed by atoms with E-state index < -0.39 is 21.4 Å². The molecule has 2 N–H and O–H groups in total. The molecule has 2 heterocycles. The third-order valence-electron chi connectivity index (χ3n) is 8.67. The van der Waals surface area contributed by atoms with Gasteiger partial charge in [-0.2, -0.15) is 13.2 Å². The first-order chi connectivity index (χ1) is 20.2. The quantitative estimate of drug-likeness (QED) is 0.391. The summed E-state index contributed by atoms with van der Waals surface area (Å²) in [6.07, 6.45) is 2.74. The SMILES string of the molecule is C=S(C)(=O)N(C)[C@@H]1CCCC[C@H]1Cc1nc(Nc2cc(C)c(C(=O)NC3CCN(C)CC3)cc2OC)ncc1C(F)(F)F. The highest BCUT2D eigenvalue weighted by Gasteiger charge is 2.38. The van der Waals surface area contributed by atoms with Crippen LogP contribution in [0.5, 0.6) is 5.75 Å². The summed E-state index contributed by atoms with van der Waals surface area (Å²) in [7, 11) is 2.72. The number of anilines is 2. The van der Waals surface area contributed by atoms with E-state index in [1.54, 1.807) is 36.7 Å². The van der Waals surface area contributed by atoms with Gasteiger partial charge in [0.25, 0.3) is 5.91 Å². The van der Waals surface area contributed by atoms with Crippen molar-refractivity contribution < 1.29 is 26.9 Å². The highest BCUT2D eigenvalue weighted by molar-refractivity contribution is 7.97. The average molecular weight is 625 g/mol. The molecule has 1 unspecified atom stereocenters. The molecule has 1 aromatic heterocycles. The topological polar surface area (TPSA) is 99.7 Å². The minimum Gasteiger partial charge on any atom is -0.495 e. The Morgan fingerprint density at radius 2 is 1.88 bits per heavy atom. The normalized spacial score (nSPS) is 21.8. The molecule has 13 heteroatoms. The van der Waals surface area contributed by atoms with Crippen LogP contribution in [0, 0.1) is 12.8 Å². The second-order valence-electron chi connectivity index (χ2n) is 11.9. The van der Waals surface area contributed by atoms with Crippen molar-refractivity contribution in [1.82, 2.24) is 24.5 Å². The summed E-state index contributed by atoms with van der Waals surface area (Å²) in [6.45, 7) is 3.62. The number of nitrogens with one attached hydrogen (secondary N) is 2. The maximum Gasteiger partial charge on any atom is 0.419 e. The molecule has 1 amide bonds. The molecule has 0 radical (unpaired) electrons. The van der Waals surface area contributed by atoms with Crippen LogP contribution < -0.4 is 15.4 Å². The van der Waals surface area contributed by atoms with Crippen molar-refractivity contribution in [1.29, 1.82) is 0 Å². The number of alkyl halides is 3. The van der Waals surface area contributed by atoms with Crippen molar-refractivity contribution in [3.05, 3.63) is 40.7 Å². The Labute approximate surface area is 252 Å². The van der Waals surface area contributed by atoms with E-state index in [1.807, 2.05) is 0 Å². The number of ether oxygens (including phenoxy) is 1. The number of nitrogens with zero attached hydrogens (tertiary/aromatic N) is 4. The monoisotopic (exact) mass is 624 g/mol. The van der Waals surface area contributed by atoms with Gasteiger partial charge in [0.05, 0.1) is 24.1 Å². The molecule has 238 valence electrons. The lowest BCUT2D eigenvalue weighted by molar-refractivity contribution is -0.138. The van der Waals surface area contributed by atoms with Crippen LogP contribution in [-0.2, 0) is 22.3 Å². The number of aromatic nitrogens is 2. The number of halogens is 3. The number of piperidine rings is 1. The fourth-order valence-electron chi connectivity index (χ4n) is 6.05. The van der Waals surface area contributed by atoms with Crippen LogP contribution in [0.1, 0.15) is 65.7 Å². The molecule has 0 spiro atoms. The van der Waals surface area contributed by atoms with E-state index in [4.69, 9.17) is 4.74 Å². The van der Waals surface area contributed by atoms with Crippen molar-refractivity contribution in [2.24, 2.45) is 5.92 Å². The van der Waals surface area contributed by atoms with Gasteiger partial charge < -0.3 is 20.3 Å². The highest BCUT2D eigenvalue weighted by atomic mass is 32.2. The average Bonchev–Trinajstić information content (AvgIpc) is 2.93. The van der Waals surface area contributed by atoms with Crippen LogP contribution in [0.4, 0.5) is 24.8 Å². The standard InChI is InChI=1S/C30H43F3N6O3S/c1-19-15-25(27(42-4)17-22(19)28(40)35-21-11-13-38(2)14-12-21)37-29-34-18-23(30(31,32)33)24(36-29)16-20-9-7-8-10-26(20)39(3)43(5,6)41/h15,17-18,20-21,26H,5,7-14,16H2,1-4,6H3,(H,35,40)(H,34,36,37)/t20-,26+,43?/m0/s1. The molecule has 1 aliphatic carbocycles. The Bertz CT molecular complexity index is 1410. The summed E-state index contributed by atoms with van der Waals surface area (Å²) in [5, 5.41) is 6.12. The van der Waals surface area contributed by atoms with Crippen molar-refractivity contribution >= 4 is 33.1 Å². The Morgan fingerprint density at radius 3 is 2.51 bits per heavy atom. The third kappa shape index (κ3) is 8.18. The summed E-state index contributed by atoms with van der Waals surface area (Å²) >= 11 is 0. The Kier molecular flexibility index (Phi) is 10.3. The van der Waals surface area contributed by atoms with Gasteiger partial charge in [0, 0.05) is 39.8 Å². The summed E-state index contributed by atoms with van der Waals surface area (Å²) in [6, 6.07) is 3.25. The Morgan fingerprint density at radius 1 is 1.21 bits per heavy atom. The van der Waals surface area contributed by atoms with Gasteiger partial charge in [0.1, 0.15) is 5.75 Å². The minimum atomic E-state index is -4.63. The van der Waals surface area contributed by atoms with Crippen molar-refractivity contribution in [2.75, 3.05) is 45.9 Å². The molecule has 2 aliphatic rings. The van der Waals surface area contributed by atoms with Gasteiger partial charge in [-0.25, -0.2) is 14.3 Å². The zero-order chi connectivity index (χ0) is 31.5. The highest BCUT2D eigenvalue weighted by Crippen LogP contribution is 2.37. The van der Waals surface area contributed by atoms with Crippen LogP contribution in [0.15, 0.2) is 18.3 Å².